The second kappa shape index (κ2) is 2.85. The molecule has 5 heteroatoms. The molecule has 0 aromatic carbocycles. The Hall–Kier alpha value is -0.810. The van der Waals surface area contributed by atoms with Crippen molar-refractivity contribution in [1.29, 1.82) is 0 Å². The maximum atomic E-state index is 11.0. The van der Waals surface area contributed by atoms with Crippen molar-refractivity contribution < 1.29 is 8.42 Å². The lowest BCUT2D eigenvalue weighted by molar-refractivity contribution is 0.594. The van der Waals surface area contributed by atoms with Gasteiger partial charge in [-0.2, -0.15) is 0 Å². The van der Waals surface area contributed by atoms with Gasteiger partial charge in [-0.25, -0.2) is 13.6 Å². The molecule has 1 aliphatic rings. The number of rotatable bonds is 1. The van der Waals surface area contributed by atoms with Crippen LogP contribution in [-0.4, -0.2) is 13.4 Å². The molecule has 0 radical (unpaired) electrons. The quantitative estimate of drug-likeness (QED) is 0.694. The van der Waals surface area contributed by atoms with E-state index in [4.69, 9.17) is 5.14 Å². The Bertz CT molecular complexity index is 396. The van der Waals surface area contributed by atoms with Gasteiger partial charge in [-0.05, 0) is 37.3 Å². The van der Waals surface area contributed by atoms with Crippen LogP contribution < -0.4 is 5.14 Å². The van der Waals surface area contributed by atoms with Crippen LogP contribution in [0.2, 0.25) is 0 Å². The number of primary sulfonamides is 1. The maximum absolute atomic E-state index is 11.0. The van der Waals surface area contributed by atoms with Gasteiger partial charge in [0, 0.05) is 5.69 Å². The predicted octanol–water partition coefficient (Wildman–Crippen LogP) is 0.541. The van der Waals surface area contributed by atoms with E-state index in [0.29, 0.717) is 0 Å². The third-order valence-corrected chi connectivity index (χ3v) is 3.23. The zero-order valence-electron chi connectivity index (χ0n) is 7.21. The highest BCUT2D eigenvalue weighted by atomic mass is 32.2. The van der Waals surface area contributed by atoms with Crippen LogP contribution in [0.25, 0.3) is 0 Å². The fourth-order valence-corrected chi connectivity index (χ4v) is 2.30. The Morgan fingerprint density at radius 1 is 1.31 bits per heavy atom. The van der Waals surface area contributed by atoms with Crippen molar-refractivity contribution >= 4 is 10.0 Å². The molecule has 1 aromatic rings. The van der Waals surface area contributed by atoms with Crippen molar-refractivity contribution in [3.8, 4) is 0 Å². The summed E-state index contributed by atoms with van der Waals surface area (Å²) in [6.07, 6.45) is 4.15. The van der Waals surface area contributed by atoms with Gasteiger partial charge in [0.25, 0.3) is 10.0 Å². The zero-order valence-corrected chi connectivity index (χ0v) is 8.02. The van der Waals surface area contributed by atoms with Crippen LogP contribution in [-0.2, 0) is 22.9 Å². The molecular weight excluding hydrogens is 188 g/mol. The van der Waals surface area contributed by atoms with Crippen molar-refractivity contribution in [1.82, 2.24) is 4.98 Å². The van der Waals surface area contributed by atoms with Crippen LogP contribution in [0.15, 0.2) is 11.1 Å². The zero-order chi connectivity index (χ0) is 9.47. The summed E-state index contributed by atoms with van der Waals surface area (Å²) < 4.78 is 22.0. The van der Waals surface area contributed by atoms with Crippen LogP contribution in [0.3, 0.4) is 0 Å². The maximum Gasteiger partial charge on any atom is 0.253 e. The van der Waals surface area contributed by atoms with E-state index in [2.05, 4.69) is 4.98 Å². The molecule has 2 rings (SSSR count). The molecule has 0 saturated carbocycles. The lowest BCUT2D eigenvalue weighted by atomic mass is 9.98. The predicted molar refractivity (Wildman–Crippen MR) is 48.8 cm³/mol. The molecule has 13 heavy (non-hydrogen) atoms. The average molecular weight is 200 g/mol. The number of H-pyrrole nitrogens is 1. The van der Waals surface area contributed by atoms with Gasteiger partial charge in [-0.3, -0.25) is 0 Å². The normalized spacial score (nSPS) is 17.0. The number of hydrogen-bond acceptors (Lipinski definition) is 2. The lowest BCUT2D eigenvalue weighted by Gasteiger charge is -2.08. The molecule has 3 N–H and O–H groups in total. The standard InChI is InChI=1S/C8H12N2O2S/c9-13(11,12)8-5-6-3-1-2-4-7(6)10-8/h5,10H,1-4H2,(H2,9,11,12). The summed E-state index contributed by atoms with van der Waals surface area (Å²) in [6.45, 7) is 0. The van der Waals surface area contributed by atoms with Crippen LogP contribution in [0.5, 0.6) is 0 Å². The minimum Gasteiger partial charge on any atom is -0.348 e. The summed E-state index contributed by atoms with van der Waals surface area (Å²) in [5.41, 5.74) is 2.14. The molecule has 0 spiro atoms. The summed E-state index contributed by atoms with van der Waals surface area (Å²) in [6, 6.07) is 1.66. The number of aromatic nitrogens is 1. The first-order valence-electron chi connectivity index (χ1n) is 4.31. The van der Waals surface area contributed by atoms with E-state index in [0.717, 1.165) is 36.9 Å². The molecular formula is C8H12N2O2S. The molecule has 0 unspecified atom stereocenters. The Kier molecular flexibility index (Phi) is 1.92. The van der Waals surface area contributed by atoms with E-state index in [9.17, 15) is 8.42 Å². The average Bonchev–Trinajstić information content (AvgIpc) is 2.45. The number of nitrogens with one attached hydrogen (secondary N) is 1. The number of aromatic amines is 1. The molecule has 0 saturated heterocycles. The molecule has 0 fully saturated rings. The summed E-state index contributed by atoms with van der Waals surface area (Å²) in [7, 11) is -3.55. The van der Waals surface area contributed by atoms with Gasteiger partial charge >= 0.3 is 0 Å². The van der Waals surface area contributed by atoms with Gasteiger partial charge in [0.1, 0.15) is 5.03 Å². The number of fused-ring (bicyclic) bond motifs is 1. The van der Waals surface area contributed by atoms with Gasteiger partial charge < -0.3 is 4.98 Å². The molecule has 4 nitrogen and oxygen atoms in total. The fraction of sp³-hybridized carbons (Fsp3) is 0.500. The first-order chi connectivity index (χ1) is 6.07. The largest absolute Gasteiger partial charge is 0.348 e. The smallest absolute Gasteiger partial charge is 0.253 e. The van der Waals surface area contributed by atoms with Crippen molar-refractivity contribution in [3.63, 3.8) is 0 Å². The van der Waals surface area contributed by atoms with E-state index in [1.807, 2.05) is 0 Å². The van der Waals surface area contributed by atoms with Gasteiger partial charge in [-0.15, -0.1) is 0 Å². The summed E-state index contributed by atoms with van der Waals surface area (Å²) in [5, 5.41) is 5.16. The summed E-state index contributed by atoms with van der Waals surface area (Å²) in [4.78, 5) is 2.86. The summed E-state index contributed by atoms with van der Waals surface area (Å²) in [5.74, 6) is 0. The third-order valence-electron chi connectivity index (χ3n) is 2.40. The van der Waals surface area contributed by atoms with Crippen molar-refractivity contribution in [2.24, 2.45) is 5.14 Å². The Labute approximate surface area is 77.2 Å². The van der Waals surface area contributed by atoms with E-state index in [1.54, 1.807) is 6.07 Å². The monoisotopic (exact) mass is 200 g/mol. The third kappa shape index (κ3) is 1.62. The van der Waals surface area contributed by atoms with Gasteiger partial charge in [0.2, 0.25) is 0 Å². The second-order valence-electron chi connectivity index (χ2n) is 3.39. The molecule has 0 atom stereocenters. The number of hydrogen-bond donors (Lipinski definition) is 2. The first-order valence-corrected chi connectivity index (χ1v) is 5.85. The summed E-state index contributed by atoms with van der Waals surface area (Å²) >= 11 is 0. The van der Waals surface area contributed by atoms with E-state index in [-0.39, 0.29) is 5.03 Å². The topological polar surface area (TPSA) is 76.0 Å². The van der Waals surface area contributed by atoms with Gasteiger partial charge in [0.05, 0.1) is 0 Å². The fourth-order valence-electron chi connectivity index (χ4n) is 1.73. The first kappa shape index (κ1) is 8.77. The van der Waals surface area contributed by atoms with E-state index < -0.39 is 10.0 Å². The highest BCUT2D eigenvalue weighted by molar-refractivity contribution is 7.89. The lowest BCUT2D eigenvalue weighted by Crippen LogP contribution is -2.12. The van der Waals surface area contributed by atoms with Gasteiger partial charge in [-0.1, -0.05) is 0 Å². The minimum absolute atomic E-state index is 0.152. The highest BCUT2D eigenvalue weighted by Gasteiger charge is 2.17. The molecule has 0 amide bonds. The van der Waals surface area contributed by atoms with Crippen LogP contribution in [0.1, 0.15) is 24.1 Å². The molecule has 1 aliphatic carbocycles. The Morgan fingerprint density at radius 3 is 2.62 bits per heavy atom. The molecule has 1 heterocycles. The van der Waals surface area contributed by atoms with Crippen molar-refractivity contribution in [2.45, 2.75) is 30.7 Å². The molecule has 0 aliphatic heterocycles. The molecule has 1 aromatic heterocycles. The van der Waals surface area contributed by atoms with E-state index in [1.165, 1.54) is 0 Å². The molecule has 72 valence electrons. The Morgan fingerprint density at radius 2 is 2.00 bits per heavy atom. The number of sulfonamides is 1. The molecule has 0 bridgehead atoms. The van der Waals surface area contributed by atoms with Crippen molar-refractivity contribution in [2.75, 3.05) is 0 Å². The minimum atomic E-state index is -3.55. The number of aryl methyl sites for hydroxylation is 2. The van der Waals surface area contributed by atoms with Gasteiger partial charge in [0.15, 0.2) is 0 Å². The van der Waals surface area contributed by atoms with Crippen LogP contribution in [0, 0.1) is 0 Å². The van der Waals surface area contributed by atoms with Crippen molar-refractivity contribution in [3.05, 3.63) is 17.3 Å². The van der Waals surface area contributed by atoms with E-state index >= 15 is 0 Å². The van der Waals surface area contributed by atoms with Crippen LogP contribution in [0.4, 0.5) is 0 Å². The SMILES string of the molecule is NS(=O)(=O)c1cc2c([nH]1)CCCC2. The van der Waals surface area contributed by atoms with Crippen LogP contribution >= 0.6 is 0 Å². The Balaban J connectivity index is 2.47. The second-order valence-corrected chi connectivity index (χ2v) is 4.92. The number of nitrogens with two attached hydrogens (primary N) is 1. The highest BCUT2D eigenvalue weighted by Crippen LogP contribution is 2.22.